The molecule has 0 radical (unpaired) electrons. The molecule has 0 fully saturated rings. The van der Waals surface area contributed by atoms with Crippen LogP contribution < -0.4 is 18.9 Å². The Morgan fingerprint density at radius 2 is 1.59 bits per heavy atom. The van der Waals surface area contributed by atoms with Gasteiger partial charge in [0, 0.05) is 14.2 Å². The zero-order chi connectivity index (χ0) is 23.6. The van der Waals surface area contributed by atoms with Crippen LogP contribution in [0.4, 0.5) is 0 Å². The quantitative estimate of drug-likeness (QED) is 0.339. The summed E-state index contributed by atoms with van der Waals surface area (Å²) in [4.78, 5) is 0. The Morgan fingerprint density at radius 3 is 2.15 bits per heavy atom. The van der Waals surface area contributed by atoms with Crippen molar-refractivity contribution in [1.82, 2.24) is 0 Å². The van der Waals surface area contributed by atoms with Crippen LogP contribution in [0.2, 0.25) is 0 Å². The van der Waals surface area contributed by atoms with Crippen molar-refractivity contribution in [3.8, 4) is 5.75 Å². The Bertz CT molecular complexity index is 943. The second-order valence-corrected chi connectivity index (χ2v) is 8.43. The van der Waals surface area contributed by atoms with E-state index in [1.54, 1.807) is 14.2 Å². The number of phenols is 1. The molecule has 2 atom stereocenters. The van der Waals surface area contributed by atoms with E-state index in [0.29, 0.717) is 23.5 Å². The van der Waals surface area contributed by atoms with Gasteiger partial charge in [-0.2, -0.15) is 43.2 Å². The predicted molar refractivity (Wildman–Crippen MR) is 134 cm³/mol. The van der Waals surface area contributed by atoms with Crippen molar-refractivity contribution in [2.45, 2.75) is 43.8 Å². The molecule has 0 spiro atoms. The predicted octanol–water partition coefficient (Wildman–Crippen LogP) is 3.73. The maximum absolute atomic E-state index is 9.82. The van der Waals surface area contributed by atoms with Crippen molar-refractivity contribution < 1.29 is 33.4 Å². The molecule has 1 N–H and O–H groups in total. The van der Waals surface area contributed by atoms with Crippen LogP contribution in [0.1, 0.15) is 53.4 Å². The van der Waals surface area contributed by atoms with Crippen LogP contribution in [0.3, 0.4) is 0 Å². The number of rotatable bonds is 7. The van der Waals surface area contributed by atoms with E-state index in [-0.39, 0.29) is 25.2 Å². The molecule has 0 bridgehead atoms. The van der Waals surface area contributed by atoms with E-state index in [1.165, 1.54) is 22.3 Å². The van der Waals surface area contributed by atoms with Crippen molar-refractivity contribution in [2.75, 3.05) is 14.2 Å². The molecule has 1 aliphatic carbocycles. The minimum absolute atomic E-state index is 0. The Kier molecular flexibility index (Phi) is 11.9. The zero-order valence-electron chi connectivity index (χ0n) is 20.7. The number of phenolic OH excluding ortho intramolecular Hbond substituents is 1. The first-order valence-electron chi connectivity index (χ1n) is 11.6. The Hall–Kier alpha value is -2.02. The Labute approximate surface area is 217 Å². The summed E-state index contributed by atoms with van der Waals surface area (Å²) in [5.74, 6) is 1.48. The molecule has 0 unspecified atom stereocenters. The van der Waals surface area contributed by atoms with Gasteiger partial charge >= 0.3 is 18.9 Å². The molecule has 4 rings (SSSR count). The molecule has 1 aliphatic rings. The summed E-state index contributed by atoms with van der Waals surface area (Å²) in [6.07, 6.45) is 3.57. The first-order valence-corrected chi connectivity index (χ1v) is 11.6. The third-order valence-corrected chi connectivity index (χ3v) is 6.51. The normalized spacial score (nSPS) is 16.9. The molecule has 0 aromatic heterocycles. The van der Waals surface area contributed by atoms with Crippen LogP contribution in [-0.4, -0.2) is 25.6 Å². The summed E-state index contributed by atoms with van der Waals surface area (Å²) in [5.41, 5.74) is 5.33. The van der Waals surface area contributed by atoms with Gasteiger partial charge in [0.15, 0.2) is 6.29 Å². The molecule has 34 heavy (non-hydrogen) atoms. The number of hydrogen-bond donors (Lipinski definition) is 1. The van der Waals surface area contributed by atoms with Gasteiger partial charge in [0.1, 0.15) is 5.75 Å². The third kappa shape index (κ3) is 7.00. The summed E-state index contributed by atoms with van der Waals surface area (Å²) in [6, 6.07) is 28.1. The average Bonchev–Trinajstić information content (AvgIpc) is 2.87. The molecule has 4 heteroatoms. The number of methoxy groups -OCH3 is 2. The largest absolute Gasteiger partial charge is 1.00 e. The van der Waals surface area contributed by atoms with Gasteiger partial charge in [-0.25, -0.2) is 0 Å². The van der Waals surface area contributed by atoms with Crippen molar-refractivity contribution in [3.63, 3.8) is 0 Å². The molecule has 0 saturated heterocycles. The van der Waals surface area contributed by atoms with E-state index in [0.717, 1.165) is 25.7 Å². The Balaban J connectivity index is 0.000000320. The maximum Gasteiger partial charge on any atom is 1.00 e. The van der Waals surface area contributed by atoms with Crippen LogP contribution in [0.25, 0.3) is 0 Å². The van der Waals surface area contributed by atoms with E-state index in [4.69, 9.17) is 9.47 Å². The molecule has 3 aromatic rings. The first-order chi connectivity index (χ1) is 16.1. The number of aryl methyl sites for hydroxylation is 1. The van der Waals surface area contributed by atoms with Crippen LogP contribution in [0, 0.1) is 25.8 Å². The molecule has 3 nitrogen and oxygen atoms in total. The number of ether oxygens (including phenoxy) is 2. The van der Waals surface area contributed by atoms with Crippen molar-refractivity contribution >= 4 is 0 Å². The van der Waals surface area contributed by atoms with Crippen molar-refractivity contribution in [2.24, 2.45) is 5.92 Å². The summed E-state index contributed by atoms with van der Waals surface area (Å²) in [5, 5.41) is 9.82. The van der Waals surface area contributed by atoms with Gasteiger partial charge in [-0.3, -0.25) is 0 Å². The fourth-order valence-corrected chi connectivity index (χ4v) is 4.78. The molecule has 0 saturated carbocycles. The molecular weight excluding hydrogens is 415 g/mol. The van der Waals surface area contributed by atoms with Gasteiger partial charge in [0.2, 0.25) is 0 Å². The van der Waals surface area contributed by atoms with Crippen LogP contribution in [-0.2, 0) is 15.9 Å². The Morgan fingerprint density at radius 1 is 0.941 bits per heavy atom. The molecule has 0 aliphatic heterocycles. The van der Waals surface area contributed by atoms with Gasteiger partial charge in [-0.1, -0.05) is 36.4 Å². The van der Waals surface area contributed by atoms with Gasteiger partial charge in [0.25, 0.3) is 0 Å². The molecule has 0 amide bonds. The average molecular weight is 451 g/mol. The molecule has 3 aromatic carbocycles. The minimum Gasteiger partial charge on any atom is -0.508 e. The number of aromatic hydroxyl groups is 1. The molecule has 176 valence electrons. The van der Waals surface area contributed by atoms with E-state index >= 15 is 0 Å². The van der Waals surface area contributed by atoms with Gasteiger partial charge in [-0.05, 0) is 59.4 Å². The summed E-state index contributed by atoms with van der Waals surface area (Å²) < 4.78 is 10.1. The van der Waals surface area contributed by atoms with Crippen LogP contribution >= 0.6 is 0 Å². The molecule has 0 heterocycles. The maximum atomic E-state index is 9.82. The smallest absolute Gasteiger partial charge is 0.508 e. The van der Waals surface area contributed by atoms with Crippen molar-refractivity contribution in [1.29, 1.82) is 0 Å². The fourth-order valence-electron chi connectivity index (χ4n) is 4.78. The van der Waals surface area contributed by atoms with Gasteiger partial charge in [0.05, 0.1) is 0 Å². The zero-order valence-corrected chi connectivity index (χ0v) is 20.7. The van der Waals surface area contributed by atoms with Gasteiger partial charge in [-0.15, -0.1) is 5.56 Å². The fraction of sp³-hybridized carbons (Fsp3) is 0.333. The van der Waals surface area contributed by atoms with Crippen LogP contribution in [0.15, 0.2) is 72.8 Å². The monoisotopic (exact) mass is 450 g/mol. The topological polar surface area (TPSA) is 38.7 Å². The second kappa shape index (κ2) is 14.4. The summed E-state index contributed by atoms with van der Waals surface area (Å²) in [7, 11) is 3.26. The van der Waals surface area contributed by atoms with E-state index < -0.39 is 0 Å². The first kappa shape index (κ1) is 28.2. The number of fused-ring (bicyclic) bond motifs is 1. The third-order valence-electron chi connectivity index (χ3n) is 6.51. The number of benzene rings is 3. The van der Waals surface area contributed by atoms with Crippen LogP contribution in [0.5, 0.6) is 5.75 Å². The SMILES string of the molecule is Oc1ccc2c(c1)CC[C@H](c1ccccc1)[C@@H]2c1cc[c-]cc1.[CH2-]CC(C[CH2-])C(OC)OC.[Li+]. The van der Waals surface area contributed by atoms with E-state index in [9.17, 15) is 5.11 Å². The van der Waals surface area contributed by atoms with Gasteiger partial charge < -0.3 is 28.4 Å². The van der Waals surface area contributed by atoms with Crippen molar-refractivity contribution in [3.05, 3.63) is 115 Å². The standard InChI is InChI=1S/C22H19O.C8H16O2.Li/c23-19-12-14-21-18(15-19)11-13-20(16-7-3-1-4-8-16)22(21)17-9-5-2-6-10-17;1-5-7(6-2)8(9-3)10-4;/h1,3-10,12,14-15,20,22-23H,11,13H2;7-8H,1-2,5-6H2,3-4H3;/q-1;-2;+1/t20-,22+;;/m1../s1. The second-order valence-electron chi connectivity index (χ2n) is 8.43. The minimum atomic E-state index is -0.144. The summed E-state index contributed by atoms with van der Waals surface area (Å²) in [6.45, 7) is 7.55. The number of hydrogen-bond acceptors (Lipinski definition) is 3. The van der Waals surface area contributed by atoms with E-state index in [1.807, 2.05) is 24.3 Å². The van der Waals surface area contributed by atoms with E-state index in [2.05, 4.69) is 68.4 Å². The molecular formula is C30H35LiO3-2. The summed E-state index contributed by atoms with van der Waals surface area (Å²) >= 11 is 0.